The number of hydrogen-bond acceptors (Lipinski definition) is 3. The van der Waals surface area contributed by atoms with Gasteiger partial charge >= 0.3 is 0 Å². The molecule has 6 heteroatoms. The largest absolute Gasteiger partial charge is 0.272 e. The van der Waals surface area contributed by atoms with Crippen LogP contribution in [0.4, 0.5) is 0 Å². The molecule has 0 fully saturated rings. The summed E-state index contributed by atoms with van der Waals surface area (Å²) in [5.74, 6) is -0.130. The van der Waals surface area contributed by atoms with Crippen LogP contribution in [0.5, 0.6) is 0 Å². The summed E-state index contributed by atoms with van der Waals surface area (Å²) in [7, 11) is 0. The molecule has 0 aromatic heterocycles. The first kappa shape index (κ1) is 18.3. The number of carbonyl (C=O) groups is 1. The maximum absolute atomic E-state index is 12.1. The lowest BCUT2D eigenvalue weighted by Crippen LogP contribution is -2.27. The van der Waals surface area contributed by atoms with Crippen LogP contribution in [0.15, 0.2) is 58.5 Å². The molecule has 0 aliphatic rings. The average molecular weight is 459 g/mol. The molecule has 0 saturated heterocycles. The van der Waals surface area contributed by atoms with Crippen LogP contribution in [0.2, 0.25) is 5.02 Å². The van der Waals surface area contributed by atoms with E-state index in [2.05, 4.69) is 33.1 Å². The van der Waals surface area contributed by atoms with Gasteiger partial charge in [-0.15, -0.1) is 11.8 Å². The normalized spacial score (nSPS) is 12.8. The molecule has 3 nitrogen and oxygen atoms in total. The van der Waals surface area contributed by atoms with Crippen molar-refractivity contribution in [3.8, 4) is 0 Å². The maximum Gasteiger partial charge on any atom is 0.253 e. The van der Waals surface area contributed by atoms with Crippen LogP contribution >= 0.6 is 46.0 Å². The van der Waals surface area contributed by atoms with E-state index in [4.69, 9.17) is 11.6 Å². The molecule has 1 atom stereocenters. The summed E-state index contributed by atoms with van der Waals surface area (Å²) >= 11 is 9.58. The lowest BCUT2D eigenvalue weighted by atomic mass is 10.1. The van der Waals surface area contributed by atoms with E-state index in [0.29, 0.717) is 5.02 Å². The summed E-state index contributed by atoms with van der Waals surface area (Å²) in [6.07, 6.45) is 0. The third-order valence-electron chi connectivity index (χ3n) is 3.09. The van der Waals surface area contributed by atoms with Gasteiger partial charge in [0.25, 0.3) is 5.91 Å². The van der Waals surface area contributed by atoms with Crippen LogP contribution < -0.4 is 5.43 Å². The van der Waals surface area contributed by atoms with E-state index in [1.807, 2.05) is 62.4 Å². The van der Waals surface area contributed by atoms with Crippen molar-refractivity contribution >= 4 is 57.6 Å². The highest BCUT2D eigenvalue weighted by Crippen LogP contribution is 2.24. The molecule has 0 radical (unpaired) electrons. The number of carbonyl (C=O) groups excluding carboxylic acids is 1. The Balaban J connectivity index is 1.93. The maximum atomic E-state index is 12.1. The highest BCUT2D eigenvalue weighted by Gasteiger charge is 2.14. The van der Waals surface area contributed by atoms with E-state index < -0.39 is 0 Å². The summed E-state index contributed by atoms with van der Waals surface area (Å²) in [5.41, 5.74) is 4.39. The molecule has 2 aromatic rings. The van der Waals surface area contributed by atoms with E-state index in [-0.39, 0.29) is 11.2 Å². The van der Waals surface area contributed by atoms with E-state index in [0.717, 1.165) is 19.7 Å². The smallest absolute Gasteiger partial charge is 0.253 e. The molecule has 0 heterocycles. The number of hydrogen-bond donors (Lipinski definition) is 1. The second-order valence-corrected chi connectivity index (χ2v) is 7.99. The number of nitrogens with zero attached hydrogens (tertiary/aromatic N) is 1. The van der Waals surface area contributed by atoms with Gasteiger partial charge in [-0.05, 0) is 78.4 Å². The summed E-state index contributed by atoms with van der Waals surface area (Å²) < 4.78 is 1.16. The van der Waals surface area contributed by atoms with Gasteiger partial charge in [0, 0.05) is 13.5 Å². The summed E-state index contributed by atoms with van der Waals surface area (Å²) in [5, 5.41) is 4.62. The molecule has 120 valence electrons. The van der Waals surface area contributed by atoms with Gasteiger partial charge < -0.3 is 0 Å². The minimum atomic E-state index is -0.246. The Bertz CT molecular complexity index is 702. The molecule has 0 bridgehead atoms. The number of hydrazone groups is 1. The molecule has 2 rings (SSSR count). The Kier molecular flexibility index (Phi) is 6.92. The van der Waals surface area contributed by atoms with Crippen LogP contribution in [0.3, 0.4) is 0 Å². The number of rotatable bonds is 5. The van der Waals surface area contributed by atoms with Crippen LogP contribution in [0.1, 0.15) is 19.4 Å². The fraction of sp³-hybridized carbons (Fsp3) is 0.176. The molecule has 23 heavy (non-hydrogen) atoms. The number of thioether (sulfide) groups is 1. The second kappa shape index (κ2) is 8.70. The fourth-order valence-electron chi connectivity index (χ4n) is 1.76. The van der Waals surface area contributed by atoms with Crippen LogP contribution in [-0.2, 0) is 4.79 Å². The number of benzene rings is 2. The lowest BCUT2D eigenvalue weighted by molar-refractivity contribution is -0.120. The average Bonchev–Trinajstić information content (AvgIpc) is 2.55. The van der Waals surface area contributed by atoms with Gasteiger partial charge in [0.2, 0.25) is 0 Å². The van der Waals surface area contributed by atoms with Crippen molar-refractivity contribution in [1.82, 2.24) is 5.43 Å². The molecule has 1 N–H and O–H groups in total. The van der Waals surface area contributed by atoms with Crippen molar-refractivity contribution in [2.24, 2.45) is 5.10 Å². The minimum Gasteiger partial charge on any atom is -0.272 e. The lowest BCUT2D eigenvalue weighted by Gasteiger charge is -2.10. The van der Waals surface area contributed by atoms with Crippen molar-refractivity contribution in [3.63, 3.8) is 0 Å². The predicted molar refractivity (Wildman–Crippen MR) is 106 cm³/mol. The Morgan fingerprint density at radius 3 is 2.39 bits per heavy atom. The third kappa shape index (κ3) is 5.82. The molecule has 0 unspecified atom stereocenters. The molecule has 1 amide bonds. The van der Waals surface area contributed by atoms with Crippen molar-refractivity contribution in [2.45, 2.75) is 24.0 Å². The molecule has 0 spiro atoms. The second-order valence-electron chi connectivity index (χ2n) is 4.89. The predicted octanol–water partition coefficient (Wildman–Crippen LogP) is 4.97. The zero-order valence-corrected chi connectivity index (χ0v) is 16.4. The first-order valence-corrected chi connectivity index (χ1v) is 9.31. The van der Waals surface area contributed by atoms with Crippen molar-refractivity contribution < 1.29 is 4.79 Å². The molecule has 2 aromatic carbocycles. The van der Waals surface area contributed by atoms with Gasteiger partial charge in [-0.1, -0.05) is 23.7 Å². The van der Waals surface area contributed by atoms with Crippen molar-refractivity contribution in [1.29, 1.82) is 0 Å². The van der Waals surface area contributed by atoms with Gasteiger partial charge in [-0.3, -0.25) is 4.79 Å². The first-order valence-electron chi connectivity index (χ1n) is 6.98. The SMILES string of the molecule is C/C(=N/NC(=O)[C@H](C)Sc1ccc(Cl)cc1)c1ccc(I)cc1. The minimum absolute atomic E-state index is 0.130. The topological polar surface area (TPSA) is 41.5 Å². The van der Waals surface area contributed by atoms with Crippen LogP contribution in [-0.4, -0.2) is 16.9 Å². The Morgan fingerprint density at radius 2 is 1.78 bits per heavy atom. The number of halogens is 2. The summed E-state index contributed by atoms with van der Waals surface area (Å²) in [6, 6.07) is 15.4. The van der Waals surface area contributed by atoms with Gasteiger partial charge in [-0.25, -0.2) is 5.43 Å². The third-order valence-corrected chi connectivity index (χ3v) is 5.17. The van der Waals surface area contributed by atoms with E-state index in [1.54, 1.807) is 0 Å². The standard InChI is InChI=1S/C17H16ClIN2OS/c1-11(13-3-7-15(19)8-4-13)20-21-17(22)12(2)23-16-9-5-14(18)6-10-16/h3-10,12H,1-2H3,(H,21,22)/b20-11-/t12-/m0/s1. The van der Waals surface area contributed by atoms with E-state index in [1.165, 1.54) is 11.8 Å². The van der Waals surface area contributed by atoms with E-state index in [9.17, 15) is 4.79 Å². The molecular weight excluding hydrogens is 443 g/mol. The van der Waals surface area contributed by atoms with Gasteiger partial charge in [0.15, 0.2) is 0 Å². The highest BCUT2D eigenvalue weighted by atomic mass is 127. The van der Waals surface area contributed by atoms with E-state index >= 15 is 0 Å². The number of amides is 1. The quantitative estimate of drug-likeness (QED) is 0.298. The molecule has 0 saturated carbocycles. The van der Waals surface area contributed by atoms with Crippen molar-refractivity contribution in [2.75, 3.05) is 0 Å². The van der Waals surface area contributed by atoms with Gasteiger partial charge in [0.1, 0.15) is 0 Å². The van der Waals surface area contributed by atoms with Crippen molar-refractivity contribution in [3.05, 3.63) is 62.7 Å². The zero-order chi connectivity index (χ0) is 16.8. The molecule has 0 aliphatic heterocycles. The summed E-state index contributed by atoms with van der Waals surface area (Å²) in [6.45, 7) is 3.73. The Labute approximate surface area is 159 Å². The van der Waals surface area contributed by atoms with Gasteiger partial charge in [-0.2, -0.15) is 5.10 Å². The van der Waals surface area contributed by atoms with Gasteiger partial charge in [0.05, 0.1) is 11.0 Å². The Hall–Kier alpha value is -1.05. The number of nitrogens with one attached hydrogen (secondary N) is 1. The van der Waals surface area contributed by atoms with Crippen LogP contribution in [0.25, 0.3) is 0 Å². The summed E-state index contributed by atoms with van der Waals surface area (Å²) in [4.78, 5) is 13.1. The molecular formula is C17H16ClIN2OS. The zero-order valence-electron chi connectivity index (χ0n) is 12.7. The Morgan fingerprint density at radius 1 is 1.17 bits per heavy atom. The monoisotopic (exact) mass is 458 g/mol. The molecule has 0 aliphatic carbocycles. The first-order chi connectivity index (χ1) is 11.0. The highest BCUT2D eigenvalue weighted by molar-refractivity contribution is 14.1. The van der Waals surface area contributed by atoms with Crippen LogP contribution in [0, 0.1) is 3.57 Å². The fourth-order valence-corrected chi connectivity index (χ4v) is 3.10.